The highest BCUT2D eigenvalue weighted by Crippen LogP contribution is 2.23. The quantitative estimate of drug-likeness (QED) is 0.718. The van der Waals surface area contributed by atoms with Gasteiger partial charge in [0.1, 0.15) is 11.6 Å². The number of benzene rings is 1. The van der Waals surface area contributed by atoms with Gasteiger partial charge in [0.25, 0.3) is 0 Å². The van der Waals surface area contributed by atoms with Crippen molar-refractivity contribution in [1.29, 1.82) is 0 Å². The Labute approximate surface area is 141 Å². The van der Waals surface area contributed by atoms with Crippen molar-refractivity contribution in [2.75, 3.05) is 0 Å². The molecule has 0 radical (unpaired) electrons. The summed E-state index contributed by atoms with van der Waals surface area (Å²) in [7, 11) is -3.61. The molecule has 7 nitrogen and oxygen atoms in total. The molecule has 3 aromatic rings. The summed E-state index contributed by atoms with van der Waals surface area (Å²) in [5.74, 6) is 0.0320. The number of oxazole rings is 1. The van der Waals surface area contributed by atoms with Gasteiger partial charge in [0, 0.05) is 10.9 Å². The molecule has 0 bridgehead atoms. The van der Waals surface area contributed by atoms with Crippen LogP contribution in [0.5, 0.6) is 0 Å². The Morgan fingerprint density at radius 1 is 1.33 bits per heavy atom. The number of hydrogen-bond donors (Lipinski definition) is 1. The Balaban J connectivity index is 1.71. The predicted octanol–water partition coefficient (Wildman–Crippen LogP) is 2.51. The summed E-state index contributed by atoms with van der Waals surface area (Å²) >= 11 is 1.09. The molecule has 1 atom stereocenters. The number of sulfonamides is 1. The van der Waals surface area contributed by atoms with Crippen LogP contribution >= 0.6 is 11.5 Å². The van der Waals surface area contributed by atoms with Gasteiger partial charge in [-0.15, -0.1) is 5.10 Å². The number of aromatic nitrogens is 3. The molecule has 0 aliphatic carbocycles. The molecule has 24 heavy (non-hydrogen) atoms. The van der Waals surface area contributed by atoms with E-state index >= 15 is 0 Å². The first-order valence-electron chi connectivity index (χ1n) is 6.90. The third kappa shape index (κ3) is 4.02. The molecule has 126 valence electrons. The number of nitrogens with one attached hydrogen (secondary N) is 1. The van der Waals surface area contributed by atoms with Crippen molar-refractivity contribution in [3.8, 4) is 11.3 Å². The summed E-state index contributed by atoms with van der Waals surface area (Å²) in [5, 5.41) is 5.28. The maximum Gasteiger partial charge on any atom is 0.218 e. The third-order valence-corrected chi connectivity index (χ3v) is 5.06. The van der Waals surface area contributed by atoms with Crippen LogP contribution in [0.4, 0.5) is 4.39 Å². The fourth-order valence-corrected chi connectivity index (χ4v) is 3.85. The van der Waals surface area contributed by atoms with Crippen molar-refractivity contribution in [2.24, 2.45) is 0 Å². The van der Waals surface area contributed by atoms with E-state index in [4.69, 9.17) is 4.42 Å². The molecule has 10 heteroatoms. The summed E-state index contributed by atoms with van der Waals surface area (Å²) < 4.78 is 48.8. The lowest BCUT2D eigenvalue weighted by Gasteiger charge is -2.10. The fraction of sp³-hybridized carbons (Fsp3) is 0.214. The summed E-state index contributed by atoms with van der Waals surface area (Å²) in [5.41, 5.74) is 1.03. The van der Waals surface area contributed by atoms with Crippen LogP contribution in [0.2, 0.25) is 0 Å². The zero-order chi connectivity index (χ0) is 17.2. The van der Waals surface area contributed by atoms with Crippen LogP contribution in [0.25, 0.3) is 11.3 Å². The van der Waals surface area contributed by atoms with Crippen molar-refractivity contribution >= 4 is 21.6 Å². The minimum atomic E-state index is -3.61. The van der Waals surface area contributed by atoms with E-state index in [-0.39, 0.29) is 17.5 Å². The van der Waals surface area contributed by atoms with Crippen LogP contribution in [0, 0.1) is 5.82 Å². The van der Waals surface area contributed by atoms with E-state index in [0.717, 1.165) is 11.5 Å². The molecule has 1 N–H and O–H groups in total. The topological polar surface area (TPSA) is 98.0 Å². The Bertz CT molecular complexity index is 908. The van der Waals surface area contributed by atoms with Crippen molar-refractivity contribution in [1.82, 2.24) is 19.3 Å². The second-order valence-corrected chi connectivity index (χ2v) is 7.43. The SMILES string of the molecule is CC(NS(=O)(=O)Cc1csnn1)c1ncc(-c2ccc(F)cc2)o1. The zero-order valence-electron chi connectivity index (χ0n) is 12.5. The van der Waals surface area contributed by atoms with Crippen LogP contribution in [0.15, 0.2) is 40.3 Å². The highest BCUT2D eigenvalue weighted by Gasteiger charge is 2.21. The van der Waals surface area contributed by atoms with E-state index < -0.39 is 16.1 Å². The Morgan fingerprint density at radius 3 is 2.75 bits per heavy atom. The molecule has 0 aliphatic rings. The number of halogens is 1. The molecule has 0 spiro atoms. The monoisotopic (exact) mass is 368 g/mol. The molecule has 0 saturated heterocycles. The molecule has 0 fully saturated rings. The number of hydrogen-bond acceptors (Lipinski definition) is 7. The van der Waals surface area contributed by atoms with Gasteiger partial charge in [-0.1, -0.05) is 4.49 Å². The lowest BCUT2D eigenvalue weighted by Crippen LogP contribution is -2.28. The Kier molecular flexibility index (Phi) is 4.69. The average Bonchev–Trinajstić information content (AvgIpc) is 3.18. The summed E-state index contributed by atoms with van der Waals surface area (Å²) in [6, 6.07) is 5.08. The van der Waals surface area contributed by atoms with E-state index in [1.165, 1.54) is 18.3 Å². The van der Waals surface area contributed by atoms with Crippen molar-refractivity contribution in [2.45, 2.75) is 18.7 Å². The zero-order valence-corrected chi connectivity index (χ0v) is 14.1. The molecule has 3 rings (SSSR count). The van der Waals surface area contributed by atoms with Gasteiger partial charge in [-0.3, -0.25) is 0 Å². The first-order chi connectivity index (χ1) is 11.4. The van der Waals surface area contributed by atoms with Crippen LogP contribution in [0.1, 0.15) is 24.6 Å². The lowest BCUT2D eigenvalue weighted by molar-refractivity contribution is 0.452. The Morgan fingerprint density at radius 2 is 2.08 bits per heavy atom. The van der Waals surface area contributed by atoms with Crippen molar-refractivity contribution < 1.29 is 17.2 Å². The van der Waals surface area contributed by atoms with Gasteiger partial charge in [0.15, 0.2) is 5.76 Å². The molecular formula is C14H13FN4O3S2. The molecular weight excluding hydrogens is 355 g/mol. The minimum absolute atomic E-state index is 0.217. The van der Waals surface area contributed by atoms with E-state index in [9.17, 15) is 12.8 Å². The molecule has 0 aliphatic heterocycles. The largest absolute Gasteiger partial charge is 0.439 e. The highest BCUT2D eigenvalue weighted by atomic mass is 32.2. The number of nitrogens with zero attached hydrogens (tertiary/aromatic N) is 3. The standard InChI is InChI=1S/C14H13FN4O3S2/c1-9(18-24(20,21)8-12-7-23-19-17-12)14-16-6-13(22-14)10-2-4-11(15)5-3-10/h2-7,9,18H,8H2,1H3. The van der Waals surface area contributed by atoms with Gasteiger partial charge in [-0.25, -0.2) is 22.5 Å². The van der Waals surface area contributed by atoms with Gasteiger partial charge in [0.2, 0.25) is 15.9 Å². The van der Waals surface area contributed by atoms with E-state index in [1.807, 2.05) is 0 Å². The molecule has 1 aromatic carbocycles. The van der Waals surface area contributed by atoms with Crippen molar-refractivity contribution in [3.05, 3.63) is 53.2 Å². The van der Waals surface area contributed by atoms with Crippen LogP contribution in [-0.4, -0.2) is 23.0 Å². The second-order valence-electron chi connectivity index (χ2n) is 5.06. The Hall–Kier alpha value is -2.17. The number of rotatable bonds is 6. The normalized spacial score (nSPS) is 13.1. The van der Waals surface area contributed by atoms with Crippen molar-refractivity contribution in [3.63, 3.8) is 0 Å². The minimum Gasteiger partial charge on any atom is -0.439 e. The molecule has 0 saturated carbocycles. The molecule has 2 heterocycles. The van der Waals surface area contributed by atoms with Gasteiger partial charge in [0.05, 0.1) is 17.9 Å². The fourth-order valence-electron chi connectivity index (χ4n) is 2.04. The van der Waals surface area contributed by atoms with Crippen LogP contribution < -0.4 is 4.72 Å². The van der Waals surface area contributed by atoms with Gasteiger partial charge >= 0.3 is 0 Å². The molecule has 2 aromatic heterocycles. The van der Waals surface area contributed by atoms with E-state index in [2.05, 4.69) is 19.3 Å². The third-order valence-electron chi connectivity index (χ3n) is 3.12. The van der Waals surface area contributed by atoms with E-state index in [1.54, 1.807) is 24.4 Å². The van der Waals surface area contributed by atoms with E-state index in [0.29, 0.717) is 17.0 Å². The predicted molar refractivity (Wildman–Crippen MR) is 86.0 cm³/mol. The molecule has 0 amide bonds. The average molecular weight is 368 g/mol. The lowest BCUT2D eigenvalue weighted by atomic mass is 10.2. The van der Waals surface area contributed by atoms with Crippen LogP contribution in [0.3, 0.4) is 0 Å². The maximum absolute atomic E-state index is 12.9. The second kappa shape index (κ2) is 6.75. The van der Waals surface area contributed by atoms with Gasteiger partial charge in [-0.2, -0.15) is 0 Å². The highest BCUT2D eigenvalue weighted by molar-refractivity contribution is 7.88. The van der Waals surface area contributed by atoms with Crippen LogP contribution in [-0.2, 0) is 15.8 Å². The maximum atomic E-state index is 12.9. The summed E-state index contributed by atoms with van der Waals surface area (Å²) in [4.78, 5) is 4.08. The van der Waals surface area contributed by atoms with Gasteiger partial charge in [-0.05, 0) is 42.7 Å². The van der Waals surface area contributed by atoms with Gasteiger partial charge < -0.3 is 4.42 Å². The first kappa shape index (κ1) is 16.7. The molecule has 1 unspecified atom stereocenters. The summed E-state index contributed by atoms with van der Waals surface area (Å²) in [6.07, 6.45) is 1.47. The summed E-state index contributed by atoms with van der Waals surface area (Å²) in [6.45, 7) is 1.62. The first-order valence-corrected chi connectivity index (χ1v) is 9.39. The smallest absolute Gasteiger partial charge is 0.218 e.